The van der Waals surface area contributed by atoms with Crippen LogP contribution in [0.25, 0.3) is 55.2 Å². The minimum Gasteiger partial charge on any atom is -0.506 e. The predicted octanol–water partition coefficient (Wildman–Crippen LogP) is 12.0. The number of benzene rings is 4. The third-order valence-corrected chi connectivity index (χ3v) is 9.77. The van der Waals surface area contributed by atoms with Gasteiger partial charge in [-0.3, -0.25) is 9.97 Å². The van der Waals surface area contributed by atoms with Crippen LogP contribution in [0.2, 0.25) is 0 Å². The second kappa shape index (κ2) is 14.9. The summed E-state index contributed by atoms with van der Waals surface area (Å²) in [4.78, 5) is 13.8. The molecule has 52 heavy (non-hydrogen) atoms. The fraction of sp³-hybridized carbons (Fsp3) is 0.213. The summed E-state index contributed by atoms with van der Waals surface area (Å²) in [5.41, 5.74) is 15.7. The van der Waals surface area contributed by atoms with E-state index in [1.165, 1.54) is 49.7 Å². The number of aromatic nitrogens is 3. The zero-order valence-electron chi connectivity index (χ0n) is 31.1. The van der Waals surface area contributed by atoms with Gasteiger partial charge in [-0.05, 0) is 83.0 Å². The standard InChI is InChI=1S/C32H27N2O.C15H16N.Ir/c1-20-13-28-27(18-25-10-12-35-31(25)30(28)34-19-20)29-16-22(9-11-33-29)14-21-5-6-24-17-26(32(2,3)4)8-7-23(24)15-21;1-10-5-6-14(7-11(10)2)15-8-12(3)13(4)9-16-15;/h5-13,15-17,19H,14H2,1-4H3;5,7-9H,1-4H3;/q2*-1;. The molecular formula is C47H43IrN3O-2. The molecule has 4 heterocycles. The molecule has 0 amide bonds. The van der Waals surface area contributed by atoms with Crippen molar-refractivity contribution in [2.45, 2.75) is 67.2 Å². The fourth-order valence-electron chi connectivity index (χ4n) is 6.36. The molecule has 8 aromatic rings. The Hall–Kier alpha value is -4.96. The smallest absolute Gasteiger partial charge is 0.0847 e. The summed E-state index contributed by atoms with van der Waals surface area (Å²) >= 11 is 0. The van der Waals surface area contributed by atoms with Crippen LogP contribution in [0.1, 0.15) is 65.3 Å². The summed E-state index contributed by atoms with van der Waals surface area (Å²) in [6, 6.07) is 35.0. The van der Waals surface area contributed by atoms with E-state index >= 15 is 0 Å². The summed E-state index contributed by atoms with van der Waals surface area (Å²) < 4.78 is 5.71. The number of fused-ring (bicyclic) bond motifs is 4. The summed E-state index contributed by atoms with van der Waals surface area (Å²) in [5.74, 6) is 0. The van der Waals surface area contributed by atoms with E-state index in [2.05, 4.69) is 144 Å². The van der Waals surface area contributed by atoms with Gasteiger partial charge in [-0.15, -0.1) is 41.0 Å². The van der Waals surface area contributed by atoms with Crippen molar-refractivity contribution in [1.82, 2.24) is 15.0 Å². The van der Waals surface area contributed by atoms with E-state index in [4.69, 9.17) is 9.40 Å². The van der Waals surface area contributed by atoms with Crippen molar-refractivity contribution < 1.29 is 24.5 Å². The van der Waals surface area contributed by atoms with Gasteiger partial charge in [0.1, 0.15) is 0 Å². The van der Waals surface area contributed by atoms with Gasteiger partial charge in [0.2, 0.25) is 0 Å². The first-order valence-electron chi connectivity index (χ1n) is 17.5. The van der Waals surface area contributed by atoms with Crippen molar-refractivity contribution in [2.75, 3.05) is 0 Å². The first-order chi connectivity index (χ1) is 24.4. The number of hydrogen-bond donors (Lipinski definition) is 0. The molecule has 263 valence electrons. The number of pyridine rings is 3. The van der Waals surface area contributed by atoms with Crippen LogP contribution >= 0.6 is 0 Å². The van der Waals surface area contributed by atoms with Crippen LogP contribution in [0.4, 0.5) is 0 Å². The molecule has 4 nitrogen and oxygen atoms in total. The van der Waals surface area contributed by atoms with Crippen molar-refractivity contribution in [2.24, 2.45) is 0 Å². The maximum Gasteiger partial charge on any atom is 0.0847 e. The van der Waals surface area contributed by atoms with E-state index < -0.39 is 0 Å². The topological polar surface area (TPSA) is 51.8 Å². The van der Waals surface area contributed by atoms with E-state index in [1.807, 2.05) is 30.7 Å². The molecule has 0 saturated carbocycles. The first-order valence-corrected chi connectivity index (χ1v) is 17.5. The number of furan rings is 1. The molecule has 0 saturated heterocycles. The van der Waals surface area contributed by atoms with Gasteiger partial charge in [-0.2, -0.15) is 0 Å². The third-order valence-electron chi connectivity index (χ3n) is 9.77. The van der Waals surface area contributed by atoms with Crippen LogP contribution in [-0.2, 0) is 31.9 Å². The van der Waals surface area contributed by atoms with Gasteiger partial charge >= 0.3 is 0 Å². The summed E-state index contributed by atoms with van der Waals surface area (Å²) in [6.45, 7) is 17.2. The monoisotopic (exact) mass is 858 g/mol. The van der Waals surface area contributed by atoms with E-state index in [-0.39, 0.29) is 25.5 Å². The average molecular weight is 858 g/mol. The zero-order valence-corrected chi connectivity index (χ0v) is 33.5. The molecule has 0 atom stereocenters. The van der Waals surface area contributed by atoms with Crippen LogP contribution < -0.4 is 0 Å². The van der Waals surface area contributed by atoms with Gasteiger partial charge in [0.05, 0.1) is 5.58 Å². The molecule has 0 aliphatic carbocycles. The van der Waals surface area contributed by atoms with Gasteiger partial charge in [0, 0.05) is 56.2 Å². The molecule has 8 rings (SSSR count). The molecule has 0 fully saturated rings. The van der Waals surface area contributed by atoms with Crippen LogP contribution in [0.15, 0.2) is 108 Å². The number of hydrogen-bond acceptors (Lipinski definition) is 4. The molecule has 0 aliphatic rings. The van der Waals surface area contributed by atoms with E-state index in [9.17, 15) is 0 Å². The van der Waals surface area contributed by atoms with Gasteiger partial charge in [0.15, 0.2) is 0 Å². The van der Waals surface area contributed by atoms with Crippen molar-refractivity contribution in [3.05, 3.63) is 160 Å². The van der Waals surface area contributed by atoms with E-state index in [1.54, 1.807) is 6.26 Å². The third kappa shape index (κ3) is 7.77. The maximum atomic E-state index is 5.71. The Bertz CT molecular complexity index is 2510. The molecule has 1 radical (unpaired) electrons. The summed E-state index contributed by atoms with van der Waals surface area (Å²) in [7, 11) is 0. The maximum absolute atomic E-state index is 5.71. The molecule has 4 aromatic heterocycles. The number of aryl methyl sites for hydroxylation is 5. The van der Waals surface area contributed by atoms with Crippen LogP contribution in [0.5, 0.6) is 0 Å². The van der Waals surface area contributed by atoms with Gasteiger partial charge in [-0.1, -0.05) is 117 Å². The van der Waals surface area contributed by atoms with Gasteiger partial charge in [-0.25, -0.2) is 0 Å². The number of nitrogens with zero attached hydrogens (tertiary/aromatic N) is 3. The van der Waals surface area contributed by atoms with Gasteiger partial charge < -0.3 is 9.40 Å². The Morgan fingerprint density at radius 1 is 0.673 bits per heavy atom. The second-order valence-corrected chi connectivity index (χ2v) is 14.8. The first kappa shape index (κ1) is 36.8. The van der Waals surface area contributed by atoms with Gasteiger partial charge in [0.25, 0.3) is 0 Å². The molecule has 0 bridgehead atoms. The minimum absolute atomic E-state index is 0. The molecule has 4 aromatic carbocycles. The number of rotatable bonds is 4. The Morgan fingerprint density at radius 3 is 2.19 bits per heavy atom. The molecular weight excluding hydrogens is 815 g/mol. The molecule has 0 unspecified atom stereocenters. The largest absolute Gasteiger partial charge is 0.506 e. The molecule has 5 heteroatoms. The molecule has 0 aliphatic heterocycles. The van der Waals surface area contributed by atoms with Crippen molar-refractivity contribution in [3.63, 3.8) is 0 Å². The zero-order chi connectivity index (χ0) is 35.9. The van der Waals surface area contributed by atoms with Crippen LogP contribution in [0, 0.1) is 46.8 Å². The SMILES string of the molecule is Cc1c[c-]c(-c2cc(C)c(C)cn2)cc1C.Cc1cnc2c(c1)c(-c1cc(Cc3ccc4cc(C(C)(C)C)ccc4c3)ccn1)[c-]c1ccoc12.[Ir]. The van der Waals surface area contributed by atoms with E-state index in [0.717, 1.165) is 56.4 Å². The summed E-state index contributed by atoms with van der Waals surface area (Å²) in [6.07, 6.45) is 8.23. The molecule has 0 spiro atoms. The fourth-order valence-corrected chi connectivity index (χ4v) is 6.36. The van der Waals surface area contributed by atoms with Crippen molar-refractivity contribution in [1.29, 1.82) is 0 Å². The van der Waals surface area contributed by atoms with Crippen LogP contribution in [-0.4, -0.2) is 15.0 Å². The van der Waals surface area contributed by atoms with Crippen LogP contribution in [0.3, 0.4) is 0 Å². The Morgan fingerprint density at radius 2 is 1.42 bits per heavy atom. The average Bonchev–Trinajstić information content (AvgIpc) is 3.59. The quantitative estimate of drug-likeness (QED) is 0.165. The van der Waals surface area contributed by atoms with E-state index in [0.29, 0.717) is 0 Å². The Kier molecular flexibility index (Phi) is 10.6. The Labute approximate surface area is 320 Å². The van der Waals surface area contributed by atoms with Crippen molar-refractivity contribution in [3.8, 4) is 22.5 Å². The van der Waals surface area contributed by atoms with Crippen molar-refractivity contribution >= 4 is 32.6 Å². The second-order valence-electron chi connectivity index (χ2n) is 14.8. The molecule has 0 N–H and O–H groups in total. The predicted molar refractivity (Wildman–Crippen MR) is 211 cm³/mol. The summed E-state index contributed by atoms with van der Waals surface area (Å²) in [5, 5.41) is 4.49. The Balaban J connectivity index is 0.000000230. The minimum atomic E-state index is 0. The normalized spacial score (nSPS) is 11.4.